The standard InChI is InChI=1S/C11H12N4O2/c1-6-3-7(2)5-8(4-6)12-10(16)9-13-11(17)15-14-9/h3-5H,1-2H3,(H,12,16)(H2,13,14,15,17). The zero-order valence-corrected chi connectivity index (χ0v) is 9.50. The minimum atomic E-state index is -0.504. The molecule has 3 N–H and O–H groups in total. The first kappa shape index (κ1) is 11.1. The molecule has 6 nitrogen and oxygen atoms in total. The van der Waals surface area contributed by atoms with Gasteiger partial charge in [-0.3, -0.25) is 9.78 Å². The number of carbonyl (C=O) groups is 1. The summed E-state index contributed by atoms with van der Waals surface area (Å²) in [5.41, 5.74) is 2.28. The van der Waals surface area contributed by atoms with E-state index in [0.717, 1.165) is 11.1 Å². The zero-order valence-electron chi connectivity index (χ0n) is 9.50. The molecule has 6 heteroatoms. The van der Waals surface area contributed by atoms with E-state index in [4.69, 9.17) is 0 Å². The van der Waals surface area contributed by atoms with Gasteiger partial charge in [0.25, 0.3) is 5.91 Å². The summed E-state index contributed by atoms with van der Waals surface area (Å²) in [6.45, 7) is 3.89. The number of hydrogen-bond donors (Lipinski definition) is 3. The first-order valence-electron chi connectivity index (χ1n) is 5.09. The van der Waals surface area contributed by atoms with Crippen molar-refractivity contribution in [3.63, 3.8) is 0 Å². The predicted octanol–water partition coefficient (Wildman–Crippen LogP) is 0.967. The first-order chi connectivity index (χ1) is 8.04. The molecule has 17 heavy (non-hydrogen) atoms. The fraction of sp³-hybridized carbons (Fsp3) is 0.182. The molecule has 0 spiro atoms. The van der Waals surface area contributed by atoms with Gasteiger partial charge in [0.15, 0.2) is 0 Å². The largest absolute Gasteiger partial charge is 0.341 e. The molecule has 0 saturated heterocycles. The number of anilines is 1. The van der Waals surface area contributed by atoms with Crippen molar-refractivity contribution in [2.45, 2.75) is 13.8 Å². The molecule has 0 aliphatic heterocycles. The highest BCUT2D eigenvalue weighted by molar-refractivity contribution is 6.01. The smallest absolute Gasteiger partial charge is 0.319 e. The average Bonchev–Trinajstić information content (AvgIpc) is 2.63. The van der Waals surface area contributed by atoms with Gasteiger partial charge in [0.05, 0.1) is 0 Å². The normalized spacial score (nSPS) is 10.2. The molecule has 0 atom stereocenters. The first-order valence-corrected chi connectivity index (χ1v) is 5.09. The van der Waals surface area contributed by atoms with Crippen LogP contribution in [0.1, 0.15) is 21.7 Å². The van der Waals surface area contributed by atoms with Gasteiger partial charge in [-0.05, 0) is 37.1 Å². The molecule has 0 saturated carbocycles. The molecular weight excluding hydrogens is 220 g/mol. The molecule has 88 valence electrons. The highest BCUT2D eigenvalue weighted by Crippen LogP contribution is 2.13. The van der Waals surface area contributed by atoms with Crippen molar-refractivity contribution < 1.29 is 4.79 Å². The maximum atomic E-state index is 11.7. The third-order valence-corrected chi connectivity index (χ3v) is 2.20. The van der Waals surface area contributed by atoms with Crippen LogP contribution < -0.4 is 11.0 Å². The number of rotatable bonds is 2. The molecule has 0 radical (unpaired) electrons. The van der Waals surface area contributed by atoms with Crippen LogP contribution in [0.15, 0.2) is 23.0 Å². The lowest BCUT2D eigenvalue weighted by atomic mass is 10.1. The maximum Gasteiger partial charge on any atom is 0.341 e. The number of aromatic amines is 2. The average molecular weight is 232 g/mol. The molecule has 1 aromatic heterocycles. The summed E-state index contributed by atoms with van der Waals surface area (Å²) in [6, 6.07) is 5.69. The van der Waals surface area contributed by atoms with E-state index in [2.05, 4.69) is 20.5 Å². The Morgan fingerprint density at radius 3 is 2.41 bits per heavy atom. The number of amides is 1. The van der Waals surface area contributed by atoms with E-state index in [1.165, 1.54) is 0 Å². The lowest BCUT2D eigenvalue weighted by Crippen LogP contribution is -2.15. The van der Waals surface area contributed by atoms with E-state index in [1.807, 2.05) is 32.0 Å². The molecule has 0 aliphatic carbocycles. The van der Waals surface area contributed by atoms with Gasteiger partial charge in [0.1, 0.15) is 0 Å². The van der Waals surface area contributed by atoms with Gasteiger partial charge in [0, 0.05) is 5.69 Å². The van der Waals surface area contributed by atoms with E-state index in [1.54, 1.807) is 0 Å². The van der Waals surface area contributed by atoms with Gasteiger partial charge in [-0.25, -0.2) is 9.89 Å². The fourth-order valence-electron chi connectivity index (χ4n) is 1.61. The van der Waals surface area contributed by atoms with Crippen LogP contribution in [-0.2, 0) is 0 Å². The van der Waals surface area contributed by atoms with E-state index in [0.29, 0.717) is 5.69 Å². The van der Waals surface area contributed by atoms with Crippen LogP contribution in [-0.4, -0.2) is 21.1 Å². The summed E-state index contributed by atoms with van der Waals surface area (Å²) in [7, 11) is 0. The molecule has 0 aliphatic rings. The Bertz CT molecular complexity index is 592. The van der Waals surface area contributed by atoms with E-state index < -0.39 is 11.6 Å². The zero-order chi connectivity index (χ0) is 12.4. The van der Waals surface area contributed by atoms with E-state index >= 15 is 0 Å². The molecule has 0 bridgehead atoms. The van der Waals surface area contributed by atoms with Crippen LogP contribution in [0.2, 0.25) is 0 Å². The molecule has 2 aromatic rings. The summed E-state index contributed by atoms with van der Waals surface area (Å²) < 4.78 is 0. The summed E-state index contributed by atoms with van der Waals surface area (Å²) >= 11 is 0. The minimum Gasteiger partial charge on any atom is -0.319 e. The van der Waals surface area contributed by atoms with Gasteiger partial charge in [0.2, 0.25) is 5.82 Å². The van der Waals surface area contributed by atoms with Crippen molar-refractivity contribution in [1.29, 1.82) is 0 Å². The Labute approximate surface area is 97.1 Å². The molecule has 1 aromatic carbocycles. The van der Waals surface area contributed by atoms with E-state index in [-0.39, 0.29) is 5.82 Å². The summed E-state index contributed by atoms with van der Waals surface area (Å²) in [4.78, 5) is 24.8. The van der Waals surface area contributed by atoms with Crippen molar-refractivity contribution in [1.82, 2.24) is 15.2 Å². The molecule has 1 heterocycles. The second-order valence-electron chi connectivity index (χ2n) is 3.86. The fourth-order valence-corrected chi connectivity index (χ4v) is 1.61. The third-order valence-electron chi connectivity index (χ3n) is 2.20. The highest BCUT2D eigenvalue weighted by Gasteiger charge is 2.10. The molecule has 0 unspecified atom stereocenters. The Morgan fingerprint density at radius 2 is 1.88 bits per heavy atom. The lowest BCUT2D eigenvalue weighted by molar-refractivity contribution is 0.101. The molecular formula is C11H12N4O2. The van der Waals surface area contributed by atoms with Crippen LogP contribution in [0.5, 0.6) is 0 Å². The van der Waals surface area contributed by atoms with Crippen molar-refractivity contribution in [3.05, 3.63) is 45.6 Å². The number of H-pyrrole nitrogens is 2. The van der Waals surface area contributed by atoms with Crippen molar-refractivity contribution in [3.8, 4) is 0 Å². The predicted molar refractivity (Wildman–Crippen MR) is 63.1 cm³/mol. The monoisotopic (exact) mass is 232 g/mol. The maximum absolute atomic E-state index is 11.7. The number of nitrogens with one attached hydrogen (secondary N) is 3. The molecule has 1 amide bonds. The van der Waals surface area contributed by atoms with Gasteiger partial charge in [-0.1, -0.05) is 6.07 Å². The highest BCUT2D eigenvalue weighted by atomic mass is 16.2. The molecule has 0 fully saturated rings. The van der Waals surface area contributed by atoms with Crippen molar-refractivity contribution >= 4 is 11.6 Å². The summed E-state index contributed by atoms with van der Waals surface area (Å²) in [5, 5.41) is 8.35. The van der Waals surface area contributed by atoms with Crippen molar-refractivity contribution in [2.24, 2.45) is 0 Å². The number of carbonyl (C=O) groups excluding carboxylic acids is 1. The van der Waals surface area contributed by atoms with Crippen LogP contribution >= 0.6 is 0 Å². The number of hydrogen-bond acceptors (Lipinski definition) is 3. The summed E-state index contributed by atoms with van der Waals surface area (Å²) in [6.07, 6.45) is 0. The van der Waals surface area contributed by atoms with Crippen LogP contribution in [0.25, 0.3) is 0 Å². The molecule has 2 rings (SSSR count). The Kier molecular flexibility index (Phi) is 2.78. The number of nitrogens with zero attached hydrogens (tertiary/aromatic N) is 1. The Hall–Kier alpha value is -2.37. The van der Waals surface area contributed by atoms with Gasteiger partial charge >= 0.3 is 5.69 Å². The van der Waals surface area contributed by atoms with Crippen LogP contribution in [0.4, 0.5) is 5.69 Å². The Morgan fingerprint density at radius 1 is 1.24 bits per heavy atom. The summed E-state index contributed by atoms with van der Waals surface area (Å²) in [5.74, 6) is -0.484. The van der Waals surface area contributed by atoms with Crippen molar-refractivity contribution in [2.75, 3.05) is 5.32 Å². The number of aromatic nitrogens is 3. The third kappa shape index (κ3) is 2.60. The SMILES string of the molecule is Cc1cc(C)cc(NC(=O)c2n[nH]c(=O)[nH]2)c1. The number of aryl methyl sites for hydroxylation is 2. The topological polar surface area (TPSA) is 90.6 Å². The Balaban J connectivity index is 2.21. The van der Waals surface area contributed by atoms with Gasteiger partial charge in [-0.2, -0.15) is 0 Å². The van der Waals surface area contributed by atoms with Crippen LogP contribution in [0.3, 0.4) is 0 Å². The van der Waals surface area contributed by atoms with Gasteiger partial charge < -0.3 is 5.32 Å². The quantitative estimate of drug-likeness (QED) is 0.720. The minimum absolute atomic E-state index is 0.0332. The van der Waals surface area contributed by atoms with Gasteiger partial charge in [-0.15, -0.1) is 5.10 Å². The van der Waals surface area contributed by atoms with E-state index in [9.17, 15) is 9.59 Å². The van der Waals surface area contributed by atoms with Crippen LogP contribution in [0, 0.1) is 13.8 Å². The number of benzene rings is 1. The second kappa shape index (κ2) is 4.25. The second-order valence-corrected chi connectivity index (χ2v) is 3.86. The lowest BCUT2D eigenvalue weighted by Gasteiger charge is -2.05.